The van der Waals surface area contributed by atoms with Crippen LogP contribution in [0.3, 0.4) is 0 Å². The number of piperidine rings is 1. The molecule has 0 bridgehead atoms. The van der Waals surface area contributed by atoms with Gasteiger partial charge in [0.1, 0.15) is 0 Å². The lowest BCUT2D eigenvalue weighted by molar-refractivity contribution is -0.136. The number of pyridine rings is 1. The lowest BCUT2D eigenvalue weighted by Crippen LogP contribution is -2.39. The van der Waals surface area contributed by atoms with E-state index in [1.54, 1.807) is 18.7 Å². The summed E-state index contributed by atoms with van der Waals surface area (Å²) in [6.07, 6.45) is -1.95. The Bertz CT molecular complexity index is 829. The Kier molecular flexibility index (Phi) is 5.44. The molecule has 0 aliphatic carbocycles. The summed E-state index contributed by atoms with van der Waals surface area (Å²) in [5.41, 5.74) is -0.264. The van der Waals surface area contributed by atoms with E-state index in [0.29, 0.717) is 31.6 Å². The number of carbonyl (C=O) groups excluding carboxylic acids is 1. The van der Waals surface area contributed by atoms with Gasteiger partial charge in [0.2, 0.25) is 5.91 Å². The number of alkyl halides is 3. The number of hydrogen-bond acceptors (Lipinski definition) is 4. The fourth-order valence-corrected chi connectivity index (χ4v) is 3.59. The van der Waals surface area contributed by atoms with Crippen LogP contribution in [0.25, 0.3) is 11.1 Å². The maximum Gasteiger partial charge on any atom is 0.417 e. The van der Waals surface area contributed by atoms with Crippen molar-refractivity contribution in [1.29, 1.82) is 0 Å². The summed E-state index contributed by atoms with van der Waals surface area (Å²) >= 11 is 0. The van der Waals surface area contributed by atoms with E-state index in [1.165, 1.54) is 0 Å². The Morgan fingerprint density at radius 2 is 2.15 bits per heavy atom. The zero-order valence-electron chi connectivity index (χ0n) is 15.8. The van der Waals surface area contributed by atoms with E-state index in [0.717, 1.165) is 18.9 Å². The summed E-state index contributed by atoms with van der Waals surface area (Å²) in [5, 5.41) is 3.89. The Morgan fingerprint density at radius 3 is 2.78 bits per heavy atom. The maximum absolute atomic E-state index is 13.7. The highest BCUT2D eigenvalue weighted by molar-refractivity contribution is 5.82. The molecule has 1 aliphatic rings. The van der Waals surface area contributed by atoms with Crippen LogP contribution >= 0.6 is 0 Å². The van der Waals surface area contributed by atoms with Gasteiger partial charge in [0, 0.05) is 31.1 Å². The van der Waals surface area contributed by atoms with E-state index in [4.69, 9.17) is 4.52 Å². The number of rotatable bonds is 4. The second-order valence-corrected chi connectivity index (χ2v) is 7.42. The predicted molar refractivity (Wildman–Crippen MR) is 94.4 cm³/mol. The number of nitrogens with zero attached hydrogens (tertiary/aromatic N) is 3. The van der Waals surface area contributed by atoms with Crippen LogP contribution in [0, 0.1) is 0 Å². The Labute approximate surface area is 155 Å². The van der Waals surface area contributed by atoms with Crippen LogP contribution in [0.4, 0.5) is 13.2 Å². The van der Waals surface area contributed by atoms with Crippen LogP contribution in [0.1, 0.15) is 75.2 Å². The molecule has 8 heteroatoms. The summed E-state index contributed by atoms with van der Waals surface area (Å²) in [6, 6.07) is 1.09. The number of halogens is 3. The van der Waals surface area contributed by atoms with E-state index >= 15 is 0 Å². The number of hydrogen-bond donors (Lipinski definition) is 0. The SMILES string of the molecule is CCCC(=O)N1CCCC(c2noc3nc(C(C)C)cc(C(F)(F)F)c23)C1. The molecule has 5 nitrogen and oxygen atoms in total. The summed E-state index contributed by atoms with van der Waals surface area (Å²) < 4.78 is 46.4. The quantitative estimate of drug-likeness (QED) is 0.756. The van der Waals surface area contributed by atoms with Gasteiger partial charge < -0.3 is 9.42 Å². The Balaban J connectivity index is 2.03. The molecule has 2 aromatic rings. The first-order valence-corrected chi connectivity index (χ1v) is 9.37. The normalized spacial score (nSPS) is 18.5. The second-order valence-electron chi connectivity index (χ2n) is 7.42. The van der Waals surface area contributed by atoms with Gasteiger partial charge in [-0.1, -0.05) is 25.9 Å². The van der Waals surface area contributed by atoms with Gasteiger partial charge in [-0.3, -0.25) is 4.79 Å². The number of amides is 1. The lowest BCUT2D eigenvalue weighted by Gasteiger charge is -2.32. The molecular weight excluding hydrogens is 359 g/mol. The summed E-state index contributed by atoms with van der Waals surface area (Å²) in [5.74, 6) is -0.416. The van der Waals surface area contributed by atoms with Gasteiger partial charge in [0.05, 0.1) is 16.6 Å². The number of carbonyl (C=O) groups is 1. The molecule has 1 amide bonds. The molecule has 0 saturated carbocycles. The highest BCUT2D eigenvalue weighted by Crippen LogP contribution is 2.40. The molecule has 1 atom stereocenters. The van der Waals surface area contributed by atoms with Crippen LogP contribution in [0.15, 0.2) is 10.6 Å². The van der Waals surface area contributed by atoms with E-state index in [2.05, 4.69) is 10.1 Å². The predicted octanol–water partition coefficient (Wildman–Crippen LogP) is 4.87. The van der Waals surface area contributed by atoms with Gasteiger partial charge in [0.15, 0.2) is 0 Å². The van der Waals surface area contributed by atoms with Gasteiger partial charge in [0.25, 0.3) is 5.71 Å². The topological polar surface area (TPSA) is 59.2 Å². The van der Waals surface area contributed by atoms with E-state index in [9.17, 15) is 18.0 Å². The smallest absolute Gasteiger partial charge is 0.342 e. The summed E-state index contributed by atoms with van der Waals surface area (Å²) in [7, 11) is 0. The summed E-state index contributed by atoms with van der Waals surface area (Å²) in [6.45, 7) is 6.49. The van der Waals surface area contributed by atoms with Gasteiger partial charge in [-0.05, 0) is 31.2 Å². The maximum atomic E-state index is 13.7. The standard InChI is InChI=1S/C19H24F3N3O2/c1-4-6-15(26)25-8-5-7-12(10-25)17-16-13(19(20,21)22)9-14(11(2)3)23-18(16)27-24-17/h9,11-12H,4-8,10H2,1-3H3. The number of fused-ring (bicyclic) bond motifs is 1. The molecule has 27 heavy (non-hydrogen) atoms. The molecule has 2 aromatic heterocycles. The fourth-order valence-electron chi connectivity index (χ4n) is 3.59. The van der Waals surface area contributed by atoms with E-state index < -0.39 is 11.7 Å². The van der Waals surface area contributed by atoms with Crippen LogP contribution in [0.2, 0.25) is 0 Å². The molecule has 3 rings (SSSR count). The number of aromatic nitrogens is 2. The van der Waals surface area contributed by atoms with Crippen molar-refractivity contribution in [2.24, 2.45) is 0 Å². The minimum absolute atomic E-state index is 0.0336. The summed E-state index contributed by atoms with van der Waals surface area (Å²) in [4.78, 5) is 18.2. The molecule has 0 spiro atoms. The lowest BCUT2D eigenvalue weighted by atomic mass is 9.91. The van der Waals surface area contributed by atoms with Gasteiger partial charge in [-0.15, -0.1) is 0 Å². The first kappa shape index (κ1) is 19.6. The minimum atomic E-state index is -4.53. The molecule has 1 fully saturated rings. The Morgan fingerprint density at radius 1 is 1.41 bits per heavy atom. The van der Waals surface area contributed by atoms with Gasteiger partial charge in [-0.2, -0.15) is 13.2 Å². The van der Waals surface area contributed by atoms with Crippen LogP contribution in [0.5, 0.6) is 0 Å². The fraction of sp³-hybridized carbons (Fsp3) is 0.632. The van der Waals surface area contributed by atoms with Crippen molar-refractivity contribution in [3.8, 4) is 0 Å². The van der Waals surface area contributed by atoms with Crippen molar-refractivity contribution in [2.45, 2.75) is 64.5 Å². The average molecular weight is 383 g/mol. The van der Waals surface area contributed by atoms with Crippen LogP contribution in [-0.4, -0.2) is 34.0 Å². The largest absolute Gasteiger partial charge is 0.417 e. The third-order valence-corrected chi connectivity index (χ3v) is 5.01. The van der Waals surface area contributed by atoms with Crippen LogP contribution in [-0.2, 0) is 11.0 Å². The first-order valence-electron chi connectivity index (χ1n) is 9.37. The molecule has 0 aromatic carbocycles. The Hall–Kier alpha value is -2.12. The minimum Gasteiger partial charge on any atom is -0.342 e. The molecule has 1 unspecified atom stereocenters. The van der Waals surface area contributed by atoms with Crippen molar-refractivity contribution in [3.63, 3.8) is 0 Å². The zero-order valence-corrected chi connectivity index (χ0v) is 15.8. The van der Waals surface area contributed by atoms with E-state index in [-0.39, 0.29) is 34.5 Å². The molecule has 1 saturated heterocycles. The molecule has 148 valence electrons. The van der Waals surface area contributed by atoms with E-state index in [1.807, 2.05) is 6.92 Å². The molecule has 1 aliphatic heterocycles. The second kappa shape index (κ2) is 7.48. The first-order chi connectivity index (χ1) is 12.7. The van der Waals surface area contributed by atoms with Crippen LogP contribution < -0.4 is 0 Å². The van der Waals surface area contributed by atoms with Crippen molar-refractivity contribution >= 4 is 17.0 Å². The number of likely N-dealkylation sites (tertiary alicyclic amines) is 1. The van der Waals surface area contributed by atoms with Crippen molar-refractivity contribution < 1.29 is 22.5 Å². The molecule has 0 N–H and O–H groups in total. The van der Waals surface area contributed by atoms with Crippen molar-refractivity contribution in [2.75, 3.05) is 13.1 Å². The average Bonchev–Trinajstić information content (AvgIpc) is 3.04. The van der Waals surface area contributed by atoms with Gasteiger partial charge >= 0.3 is 6.18 Å². The van der Waals surface area contributed by atoms with Crippen molar-refractivity contribution in [3.05, 3.63) is 23.0 Å². The van der Waals surface area contributed by atoms with Gasteiger partial charge in [-0.25, -0.2) is 4.98 Å². The third kappa shape index (κ3) is 3.94. The third-order valence-electron chi connectivity index (χ3n) is 5.01. The monoisotopic (exact) mass is 383 g/mol. The molecular formula is C19H24F3N3O2. The highest BCUT2D eigenvalue weighted by atomic mass is 19.4. The molecule has 0 radical (unpaired) electrons. The van der Waals surface area contributed by atoms with Crippen molar-refractivity contribution in [1.82, 2.24) is 15.0 Å². The highest BCUT2D eigenvalue weighted by Gasteiger charge is 2.38. The molecule has 3 heterocycles. The zero-order chi connectivity index (χ0) is 19.8.